The third-order valence-corrected chi connectivity index (χ3v) is 1.56. The molecule has 0 aromatic heterocycles. The molecule has 0 N–H and O–H groups in total. The van der Waals surface area contributed by atoms with Crippen LogP contribution in [0.3, 0.4) is 0 Å². The molecule has 0 aliphatic rings. The van der Waals surface area contributed by atoms with Crippen LogP contribution in [0.15, 0.2) is 30.3 Å². The zero-order chi connectivity index (χ0) is 6.69. The van der Waals surface area contributed by atoms with Gasteiger partial charge in [0.1, 0.15) is 0 Å². The van der Waals surface area contributed by atoms with Crippen molar-refractivity contribution < 1.29 is 24.8 Å². The molecule has 0 bridgehead atoms. The third-order valence-electron chi connectivity index (χ3n) is 1.05. The normalized spacial score (nSPS) is 6.83. The number of halogens is 4. The van der Waals surface area contributed by atoms with Gasteiger partial charge in [0.25, 0.3) is 0 Å². The van der Waals surface area contributed by atoms with Crippen LogP contribution in [0, 0.1) is 0 Å². The number of benzene rings is 1. The standard InChI is InChI=1S/C6H5BCl2.2ClH.Mg/c8-7(9)6-4-2-1-3-5-6;;;/h1-5H;2*1H;/q;;;+2/p-2. The molecule has 0 amide bonds. The maximum atomic E-state index is 5.57. The molecule has 12 heavy (non-hydrogen) atoms. The van der Waals surface area contributed by atoms with Crippen LogP contribution in [0.25, 0.3) is 0 Å². The first-order valence-electron chi connectivity index (χ1n) is 2.64. The van der Waals surface area contributed by atoms with Gasteiger partial charge < -0.3 is 24.8 Å². The Kier molecular flexibility index (Phi) is 16.2. The fraction of sp³-hybridized carbons (Fsp3) is 0. The van der Waals surface area contributed by atoms with E-state index in [9.17, 15) is 0 Å². The molecular weight excluding hydrogens is 249 g/mol. The van der Waals surface area contributed by atoms with E-state index in [0.29, 0.717) is 0 Å². The minimum Gasteiger partial charge on any atom is -1.00 e. The Hall–Kier alpha value is 1.21. The molecule has 0 atom stereocenters. The van der Waals surface area contributed by atoms with Gasteiger partial charge in [-0.1, -0.05) is 30.3 Å². The van der Waals surface area contributed by atoms with Crippen LogP contribution < -0.4 is 30.3 Å². The quantitative estimate of drug-likeness (QED) is 0.443. The Morgan fingerprint density at radius 3 is 1.58 bits per heavy atom. The van der Waals surface area contributed by atoms with Crippen LogP contribution in [0.4, 0.5) is 0 Å². The van der Waals surface area contributed by atoms with Gasteiger partial charge in [0.15, 0.2) is 0 Å². The van der Waals surface area contributed by atoms with Crippen molar-refractivity contribution in [2.24, 2.45) is 0 Å². The molecule has 0 saturated carbocycles. The zero-order valence-electron chi connectivity index (χ0n) is 6.18. The van der Waals surface area contributed by atoms with Crippen molar-refractivity contribution in [2.75, 3.05) is 0 Å². The van der Waals surface area contributed by atoms with E-state index in [2.05, 4.69) is 0 Å². The van der Waals surface area contributed by atoms with Gasteiger partial charge >= 0.3 is 28.6 Å². The third kappa shape index (κ3) is 6.70. The Labute approximate surface area is 111 Å². The fourth-order valence-corrected chi connectivity index (χ4v) is 0.889. The molecule has 0 aliphatic carbocycles. The van der Waals surface area contributed by atoms with Crippen molar-refractivity contribution in [1.29, 1.82) is 0 Å². The molecule has 0 heterocycles. The van der Waals surface area contributed by atoms with Crippen LogP contribution in [0.5, 0.6) is 0 Å². The average molecular weight is 254 g/mol. The summed E-state index contributed by atoms with van der Waals surface area (Å²) in [6, 6.07) is 9.54. The topological polar surface area (TPSA) is 0 Å². The Balaban J connectivity index is -0.000000270. The molecule has 0 radical (unpaired) electrons. The van der Waals surface area contributed by atoms with E-state index in [1.807, 2.05) is 30.3 Å². The number of hydrogen-bond donors (Lipinski definition) is 0. The van der Waals surface area contributed by atoms with Crippen LogP contribution >= 0.6 is 22.9 Å². The molecule has 0 aliphatic heterocycles. The summed E-state index contributed by atoms with van der Waals surface area (Å²) in [5.74, 6) is 0. The molecule has 0 saturated heterocycles. The predicted octanol–water partition coefficient (Wildman–Crippen LogP) is -4.51. The fourth-order valence-electron chi connectivity index (χ4n) is 0.599. The first-order valence-corrected chi connectivity index (χ1v) is 3.51. The van der Waals surface area contributed by atoms with E-state index < -0.39 is 5.54 Å². The van der Waals surface area contributed by atoms with Gasteiger partial charge in [0, 0.05) is 0 Å². The van der Waals surface area contributed by atoms with Gasteiger partial charge in [-0.15, -0.1) is 0 Å². The SMILES string of the molecule is ClB(Cl)c1ccccc1.[Cl-].[Cl-].[Mg+2]. The van der Waals surface area contributed by atoms with Gasteiger partial charge in [-0.05, 0) is 5.46 Å². The Bertz CT molecular complexity index is 182. The van der Waals surface area contributed by atoms with E-state index in [-0.39, 0.29) is 47.9 Å². The molecule has 1 rings (SSSR count). The summed E-state index contributed by atoms with van der Waals surface area (Å²) in [7, 11) is 0. The second-order valence-electron chi connectivity index (χ2n) is 1.71. The maximum absolute atomic E-state index is 5.57. The van der Waals surface area contributed by atoms with E-state index in [4.69, 9.17) is 22.9 Å². The molecule has 0 nitrogen and oxygen atoms in total. The second kappa shape index (κ2) is 10.3. The van der Waals surface area contributed by atoms with Gasteiger partial charge in [0.05, 0.1) is 0 Å². The second-order valence-corrected chi connectivity index (χ2v) is 2.81. The Morgan fingerprint density at radius 2 is 1.33 bits per heavy atom. The number of hydrogen-bond acceptors (Lipinski definition) is 0. The Morgan fingerprint density at radius 1 is 0.917 bits per heavy atom. The zero-order valence-corrected chi connectivity index (χ0v) is 10.6. The molecular formula is C6H5BCl4Mg. The van der Waals surface area contributed by atoms with Crippen molar-refractivity contribution in [3.05, 3.63) is 30.3 Å². The molecule has 0 spiro atoms. The van der Waals surface area contributed by atoms with Crippen molar-refractivity contribution >= 4 is 57.0 Å². The minimum absolute atomic E-state index is 0. The molecule has 0 fully saturated rings. The largest absolute Gasteiger partial charge is 2.00 e. The van der Waals surface area contributed by atoms with Gasteiger partial charge in [-0.3, -0.25) is 0 Å². The minimum atomic E-state index is -0.397. The predicted molar refractivity (Wildman–Crippen MR) is 49.3 cm³/mol. The molecule has 6 heteroatoms. The molecule has 0 unspecified atom stereocenters. The monoisotopic (exact) mass is 252 g/mol. The van der Waals surface area contributed by atoms with E-state index in [1.54, 1.807) is 0 Å². The molecule has 62 valence electrons. The summed E-state index contributed by atoms with van der Waals surface area (Å²) in [5.41, 5.74) is 0.548. The average Bonchev–Trinajstić information content (AvgIpc) is 1.90. The first kappa shape index (κ1) is 18.9. The van der Waals surface area contributed by atoms with Gasteiger partial charge in [-0.2, -0.15) is 22.9 Å². The van der Waals surface area contributed by atoms with Crippen LogP contribution in [0.2, 0.25) is 0 Å². The van der Waals surface area contributed by atoms with Crippen molar-refractivity contribution in [1.82, 2.24) is 0 Å². The summed E-state index contributed by atoms with van der Waals surface area (Å²) in [6.45, 7) is 0. The van der Waals surface area contributed by atoms with E-state index in [0.717, 1.165) is 5.46 Å². The van der Waals surface area contributed by atoms with Crippen LogP contribution in [0.1, 0.15) is 0 Å². The summed E-state index contributed by atoms with van der Waals surface area (Å²) >= 11 is 11.1. The molecule has 1 aromatic carbocycles. The van der Waals surface area contributed by atoms with Crippen molar-refractivity contribution in [2.45, 2.75) is 0 Å². The first-order chi connectivity index (χ1) is 4.30. The number of rotatable bonds is 1. The summed E-state index contributed by atoms with van der Waals surface area (Å²) in [6.07, 6.45) is 0. The van der Waals surface area contributed by atoms with Gasteiger partial charge in [-0.25, -0.2) is 0 Å². The summed E-state index contributed by atoms with van der Waals surface area (Å²) in [4.78, 5) is 0. The van der Waals surface area contributed by atoms with E-state index in [1.165, 1.54) is 0 Å². The van der Waals surface area contributed by atoms with Crippen molar-refractivity contribution in [3.8, 4) is 0 Å². The van der Waals surface area contributed by atoms with Crippen LogP contribution in [-0.4, -0.2) is 28.6 Å². The van der Waals surface area contributed by atoms with Crippen LogP contribution in [-0.2, 0) is 0 Å². The van der Waals surface area contributed by atoms with Crippen molar-refractivity contribution in [3.63, 3.8) is 0 Å². The van der Waals surface area contributed by atoms with Gasteiger partial charge in [0.2, 0.25) is 0 Å². The summed E-state index contributed by atoms with van der Waals surface area (Å²) < 4.78 is 0. The maximum Gasteiger partial charge on any atom is 2.00 e. The summed E-state index contributed by atoms with van der Waals surface area (Å²) in [5, 5.41) is 0. The molecule has 1 aromatic rings. The van der Waals surface area contributed by atoms with E-state index >= 15 is 0 Å². The smallest absolute Gasteiger partial charge is 1.00 e.